The molecule has 2 N–H and O–H groups in total. The Labute approximate surface area is 123 Å². The van der Waals surface area contributed by atoms with Crippen molar-refractivity contribution in [3.63, 3.8) is 0 Å². The van der Waals surface area contributed by atoms with Gasteiger partial charge < -0.3 is 15.2 Å². The molecular weight excluding hydrogens is 302 g/mol. The van der Waals surface area contributed by atoms with E-state index in [0.717, 1.165) is 11.3 Å². The lowest BCUT2D eigenvalue weighted by atomic mass is 10.3. The Morgan fingerprint density at radius 3 is 2.55 bits per heavy atom. The molecular formula is C13H10ClNO4S. The number of hydrogen-bond acceptors (Lipinski definition) is 4. The number of nitrogens with one attached hydrogen (secondary N) is 1. The number of hydrogen-bond donors (Lipinski definition) is 2. The molecule has 104 valence electrons. The number of halogens is 1. The van der Waals surface area contributed by atoms with Crippen molar-refractivity contribution in [1.82, 2.24) is 0 Å². The van der Waals surface area contributed by atoms with Gasteiger partial charge in [-0.1, -0.05) is 11.6 Å². The largest absolute Gasteiger partial charge is 0.495 e. The minimum atomic E-state index is -1.05. The number of carbonyl (C=O) groups is 2. The van der Waals surface area contributed by atoms with Gasteiger partial charge in [0.15, 0.2) is 0 Å². The van der Waals surface area contributed by atoms with Crippen LogP contribution < -0.4 is 10.1 Å². The van der Waals surface area contributed by atoms with E-state index in [0.29, 0.717) is 21.3 Å². The third kappa shape index (κ3) is 3.09. The molecule has 0 saturated heterocycles. The summed E-state index contributed by atoms with van der Waals surface area (Å²) in [5.41, 5.74) is 0.515. The molecule has 0 atom stereocenters. The van der Waals surface area contributed by atoms with Crippen molar-refractivity contribution in [2.75, 3.05) is 12.4 Å². The van der Waals surface area contributed by atoms with E-state index in [1.165, 1.54) is 19.2 Å². The van der Waals surface area contributed by atoms with Gasteiger partial charge >= 0.3 is 5.97 Å². The second-order valence-corrected chi connectivity index (χ2v) is 5.26. The first kappa shape index (κ1) is 14.4. The average molecular weight is 312 g/mol. The number of carboxylic acids is 1. The first-order chi connectivity index (χ1) is 9.51. The first-order valence-electron chi connectivity index (χ1n) is 5.49. The van der Waals surface area contributed by atoms with Crippen molar-refractivity contribution in [1.29, 1.82) is 0 Å². The van der Waals surface area contributed by atoms with E-state index < -0.39 is 5.97 Å². The number of amides is 1. The van der Waals surface area contributed by atoms with Crippen molar-refractivity contribution < 1.29 is 19.4 Å². The summed E-state index contributed by atoms with van der Waals surface area (Å²) in [5, 5.41) is 11.9. The Morgan fingerprint density at radius 1 is 1.25 bits per heavy atom. The summed E-state index contributed by atoms with van der Waals surface area (Å²) < 4.78 is 5.05. The third-order valence-corrected chi connectivity index (χ3v) is 3.83. The first-order valence-corrected chi connectivity index (χ1v) is 6.68. The molecule has 0 radical (unpaired) electrons. The molecule has 0 aliphatic heterocycles. The molecule has 1 amide bonds. The van der Waals surface area contributed by atoms with Crippen LogP contribution in [0.4, 0.5) is 5.69 Å². The maximum atomic E-state index is 12.0. The van der Waals surface area contributed by atoms with Crippen LogP contribution in [0.15, 0.2) is 30.3 Å². The predicted octanol–water partition coefficient (Wildman–Crippen LogP) is 3.36. The third-order valence-electron chi connectivity index (χ3n) is 2.45. The van der Waals surface area contributed by atoms with Crippen LogP contribution in [0.25, 0.3) is 0 Å². The van der Waals surface area contributed by atoms with Crippen LogP contribution in [0.3, 0.4) is 0 Å². The van der Waals surface area contributed by atoms with Crippen molar-refractivity contribution in [2.45, 2.75) is 0 Å². The van der Waals surface area contributed by atoms with E-state index in [-0.39, 0.29) is 10.8 Å². The van der Waals surface area contributed by atoms with E-state index in [9.17, 15) is 9.59 Å². The number of anilines is 1. The van der Waals surface area contributed by atoms with Gasteiger partial charge in [0.1, 0.15) is 10.6 Å². The molecule has 20 heavy (non-hydrogen) atoms. The van der Waals surface area contributed by atoms with E-state index in [1.807, 2.05) is 0 Å². The Hall–Kier alpha value is -2.05. The lowest BCUT2D eigenvalue weighted by molar-refractivity contribution is 0.0702. The molecule has 2 rings (SSSR count). The van der Waals surface area contributed by atoms with Gasteiger partial charge in [0.25, 0.3) is 5.91 Å². The summed E-state index contributed by atoms with van der Waals surface area (Å²) in [6, 6.07) is 7.69. The zero-order valence-electron chi connectivity index (χ0n) is 10.3. The molecule has 0 fully saturated rings. The lowest BCUT2D eigenvalue weighted by Crippen LogP contribution is -2.10. The number of carboxylic acid groups (broad SMARTS) is 1. The molecule has 0 bridgehead atoms. The minimum Gasteiger partial charge on any atom is -0.495 e. The molecule has 5 nitrogen and oxygen atoms in total. The fraction of sp³-hybridized carbons (Fsp3) is 0.0769. The summed E-state index contributed by atoms with van der Waals surface area (Å²) in [7, 11) is 1.48. The number of ether oxygens (including phenoxy) is 1. The summed E-state index contributed by atoms with van der Waals surface area (Å²) >= 11 is 6.80. The molecule has 0 unspecified atom stereocenters. The van der Waals surface area contributed by atoms with Gasteiger partial charge in [-0.3, -0.25) is 4.79 Å². The van der Waals surface area contributed by atoms with Gasteiger partial charge in [0.2, 0.25) is 0 Å². The fourth-order valence-corrected chi connectivity index (χ4v) is 2.44. The van der Waals surface area contributed by atoms with Crippen LogP contribution in [0.5, 0.6) is 5.75 Å². The molecule has 1 aromatic heterocycles. The van der Waals surface area contributed by atoms with Crippen LogP contribution in [0.2, 0.25) is 5.02 Å². The predicted molar refractivity (Wildman–Crippen MR) is 77.2 cm³/mol. The second-order valence-electron chi connectivity index (χ2n) is 3.77. The molecule has 1 aromatic carbocycles. The van der Waals surface area contributed by atoms with Gasteiger partial charge in [-0.15, -0.1) is 11.3 Å². The van der Waals surface area contributed by atoms with Crippen LogP contribution in [0, 0.1) is 0 Å². The number of methoxy groups -OCH3 is 1. The summed E-state index contributed by atoms with van der Waals surface area (Å²) in [6.07, 6.45) is 0. The standard InChI is InChI=1S/C13H10ClNO4S/c1-19-9-6-7(2-3-8(9)14)15-12(16)10-4-5-11(20-10)13(17)18/h2-6H,1H3,(H,15,16)(H,17,18). The molecule has 0 aliphatic carbocycles. The lowest BCUT2D eigenvalue weighted by Gasteiger charge is -2.07. The molecule has 2 aromatic rings. The van der Waals surface area contributed by atoms with E-state index in [4.69, 9.17) is 21.4 Å². The Bertz CT molecular complexity index is 668. The van der Waals surface area contributed by atoms with Gasteiger partial charge in [-0.25, -0.2) is 4.79 Å². The summed E-state index contributed by atoms with van der Waals surface area (Å²) in [4.78, 5) is 23.2. The monoisotopic (exact) mass is 311 g/mol. The highest BCUT2D eigenvalue weighted by Crippen LogP contribution is 2.28. The highest BCUT2D eigenvalue weighted by Gasteiger charge is 2.13. The van der Waals surface area contributed by atoms with Gasteiger partial charge in [0.05, 0.1) is 17.0 Å². The average Bonchev–Trinajstić information content (AvgIpc) is 2.91. The van der Waals surface area contributed by atoms with Crippen molar-refractivity contribution in [3.8, 4) is 5.75 Å². The van der Waals surface area contributed by atoms with Gasteiger partial charge in [-0.05, 0) is 24.3 Å². The number of rotatable bonds is 4. The Balaban J connectivity index is 2.16. The molecule has 0 aliphatic rings. The number of thiophene rings is 1. The smallest absolute Gasteiger partial charge is 0.345 e. The van der Waals surface area contributed by atoms with E-state index in [1.54, 1.807) is 18.2 Å². The maximum Gasteiger partial charge on any atom is 0.345 e. The van der Waals surface area contributed by atoms with Crippen molar-refractivity contribution >= 4 is 40.5 Å². The minimum absolute atomic E-state index is 0.115. The highest BCUT2D eigenvalue weighted by atomic mass is 35.5. The Kier molecular flexibility index (Phi) is 4.26. The van der Waals surface area contributed by atoms with Crippen molar-refractivity contribution in [2.24, 2.45) is 0 Å². The molecule has 7 heteroatoms. The number of carbonyl (C=O) groups excluding carboxylic acids is 1. The van der Waals surface area contributed by atoms with Crippen LogP contribution >= 0.6 is 22.9 Å². The topological polar surface area (TPSA) is 75.6 Å². The highest BCUT2D eigenvalue weighted by molar-refractivity contribution is 7.15. The maximum absolute atomic E-state index is 12.0. The number of benzene rings is 1. The summed E-state index contributed by atoms with van der Waals surface area (Å²) in [6.45, 7) is 0. The normalized spacial score (nSPS) is 10.1. The van der Waals surface area contributed by atoms with E-state index >= 15 is 0 Å². The van der Waals surface area contributed by atoms with Crippen LogP contribution in [0.1, 0.15) is 19.3 Å². The SMILES string of the molecule is COc1cc(NC(=O)c2ccc(C(=O)O)s2)ccc1Cl. The zero-order chi connectivity index (χ0) is 14.7. The van der Waals surface area contributed by atoms with Crippen LogP contribution in [-0.2, 0) is 0 Å². The molecule has 0 saturated carbocycles. The Morgan fingerprint density at radius 2 is 1.95 bits per heavy atom. The molecule has 1 heterocycles. The summed E-state index contributed by atoms with van der Waals surface area (Å²) in [5.74, 6) is -0.990. The zero-order valence-corrected chi connectivity index (χ0v) is 11.9. The van der Waals surface area contributed by atoms with Gasteiger partial charge in [-0.2, -0.15) is 0 Å². The number of aromatic carboxylic acids is 1. The quantitative estimate of drug-likeness (QED) is 0.907. The van der Waals surface area contributed by atoms with E-state index in [2.05, 4.69) is 5.32 Å². The fourth-order valence-electron chi connectivity index (χ4n) is 1.51. The van der Waals surface area contributed by atoms with Crippen LogP contribution in [-0.4, -0.2) is 24.1 Å². The van der Waals surface area contributed by atoms with Gasteiger partial charge in [0, 0.05) is 11.8 Å². The molecule has 0 spiro atoms. The second kappa shape index (κ2) is 5.94. The van der Waals surface area contributed by atoms with Crippen molar-refractivity contribution in [3.05, 3.63) is 45.1 Å².